The third-order valence-corrected chi connectivity index (χ3v) is 5.44. The molecule has 1 aromatic heterocycles. The predicted molar refractivity (Wildman–Crippen MR) is 116 cm³/mol. The summed E-state index contributed by atoms with van der Waals surface area (Å²) in [5, 5.41) is 4.90. The zero-order valence-corrected chi connectivity index (χ0v) is 19.4. The van der Waals surface area contributed by atoms with E-state index in [1.54, 1.807) is 0 Å². The van der Waals surface area contributed by atoms with Crippen LogP contribution in [0.25, 0.3) is 43.9 Å². The van der Waals surface area contributed by atoms with Crippen LogP contribution >= 0.6 is 0 Å². The van der Waals surface area contributed by atoms with Gasteiger partial charge < -0.3 is 0 Å². The van der Waals surface area contributed by atoms with E-state index in [1.807, 2.05) is 6.07 Å². The molecular weight excluding hydrogens is 427 g/mol. The first-order valence-electron chi connectivity index (χ1n) is 9.53. The standard InChI is InChI=1S/C27H20N.Y/c1-19-8-7-11-25(27(19)26-12-5-6-17-28(26)2)22-15-16-24-21(18-22)14-13-20-9-3-4-10-23(20)24;/h3-10,12-17H,1-2H3;/q-1;. The summed E-state index contributed by atoms with van der Waals surface area (Å²) in [5.41, 5.74) is 5.80. The van der Waals surface area contributed by atoms with Crippen LogP contribution in [0.4, 0.5) is 0 Å². The molecule has 0 spiro atoms. The van der Waals surface area contributed by atoms with Gasteiger partial charge >= 0.3 is 0 Å². The molecule has 0 aliphatic heterocycles. The van der Waals surface area contributed by atoms with E-state index >= 15 is 0 Å². The fourth-order valence-corrected chi connectivity index (χ4v) is 4.01. The average molecular weight is 447 g/mol. The Balaban J connectivity index is 0.00000205. The molecule has 4 aromatic carbocycles. The molecule has 0 fully saturated rings. The predicted octanol–water partition coefficient (Wildman–Crippen LogP) is 6.06. The Morgan fingerprint density at radius 3 is 2.48 bits per heavy atom. The van der Waals surface area contributed by atoms with Crippen LogP contribution in [-0.2, 0) is 39.8 Å². The molecule has 0 saturated heterocycles. The zero-order chi connectivity index (χ0) is 19.1. The molecule has 0 aliphatic carbocycles. The number of hydrogen-bond acceptors (Lipinski definition) is 0. The topological polar surface area (TPSA) is 3.88 Å². The van der Waals surface area contributed by atoms with Gasteiger partial charge in [0.25, 0.3) is 0 Å². The van der Waals surface area contributed by atoms with E-state index < -0.39 is 0 Å². The largest absolute Gasteiger partial charge is 0.210 e. The number of nitrogens with zero attached hydrogens (tertiary/aromatic N) is 1. The Morgan fingerprint density at radius 1 is 0.793 bits per heavy atom. The van der Waals surface area contributed by atoms with Gasteiger partial charge in [-0.3, -0.25) is 0 Å². The summed E-state index contributed by atoms with van der Waals surface area (Å²) in [4.78, 5) is 0. The van der Waals surface area contributed by atoms with E-state index in [2.05, 4.69) is 110 Å². The number of benzene rings is 4. The molecule has 1 heterocycles. The number of fused-ring (bicyclic) bond motifs is 3. The van der Waals surface area contributed by atoms with Gasteiger partial charge in [-0.2, -0.15) is 35.4 Å². The van der Waals surface area contributed by atoms with Crippen molar-refractivity contribution >= 4 is 21.5 Å². The fourth-order valence-electron chi connectivity index (χ4n) is 4.01. The van der Waals surface area contributed by atoms with Gasteiger partial charge in [0.2, 0.25) is 0 Å². The molecule has 0 atom stereocenters. The molecule has 0 unspecified atom stereocenters. The van der Waals surface area contributed by atoms with Crippen molar-refractivity contribution < 1.29 is 37.3 Å². The number of hydrogen-bond donors (Lipinski definition) is 0. The minimum Gasteiger partial charge on any atom is -0.210 e. The quantitative estimate of drug-likeness (QED) is 0.176. The van der Waals surface area contributed by atoms with Crippen LogP contribution in [0.2, 0.25) is 0 Å². The summed E-state index contributed by atoms with van der Waals surface area (Å²) in [5.74, 6) is 0. The maximum absolute atomic E-state index is 3.65. The van der Waals surface area contributed by atoms with E-state index in [-0.39, 0.29) is 32.7 Å². The summed E-state index contributed by atoms with van der Waals surface area (Å²) in [6.07, 6.45) is 2.09. The van der Waals surface area contributed by atoms with Gasteiger partial charge in [0.1, 0.15) is 7.05 Å². The molecule has 5 rings (SSSR count). The number of rotatable bonds is 2. The van der Waals surface area contributed by atoms with E-state index in [4.69, 9.17) is 0 Å². The molecule has 137 valence electrons. The third-order valence-electron chi connectivity index (χ3n) is 5.44. The van der Waals surface area contributed by atoms with Crippen LogP contribution in [0.5, 0.6) is 0 Å². The van der Waals surface area contributed by atoms with Crippen molar-refractivity contribution in [1.82, 2.24) is 0 Å². The van der Waals surface area contributed by atoms with Crippen molar-refractivity contribution in [2.75, 3.05) is 0 Å². The van der Waals surface area contributed by atoms with E-state index in [0.717, 1.165) is 16.5 Å². The summed E-state index contributed by atoms with van der Waals surface area (Å²) >= 11 is 0. The van der Waals surface area contributed by atoms with Crippen LogP contribution in [0.1, 0.15) is 5.56 Å². The van der Waals surface area contributed by atoms with Crippen molar-refractivity contribution in [3.63, 3.8) is 0 Å². The normalized spacial score (nSPS) is 10.8. The monoisotopic (exact) mass is 447 g/mol. The summed E-state index contributed by atoms with van der Waals surface area (Å²) in [6, 6.07) is 34.8. The Morgan fingerprint density at radius 2 is 1.62 bits per heavy atom. The number of aromatic nitrogens is 1. The summed E-state index contributed by atoms with van der Waals surface area (Å²) < 4.78 is 2.16. The molecule has 0 N–H and O–H groups in total. The van der Waals surface area contributed by atoms with Gasteiger partial charge in [-0.1, -0.05) is 54.3 Å². The van der Waals surface area contributed by atoms with Gasteiger partial charge in [-0.05, 0) is 16.8 Å². The second-order valence-corrected chi connectivity index (χ2v) is 7.23. The summed E-state index contributed by atoms with van der Waals surface area (Å²) in [7, 11) is 2.09. The molecule has 0 amide bonds. The van der Waals surface area contributed by atoms with Gasteiger partial charge in [0.15, 0.2) is 11.9 Å². The van der Waals surface area contributed by atoms with Crippen LogP contribution in [0, 0.1) is 19.1 Å². The Labute approximate surface area is 196 Å². The third kappa shape index (κ3) is 3.54. The van der Waals surface area contributed by atoms with Crippen LogP contribution in [-0.4, -0.2) is 0 Å². The van der Waals surface area contributed by atoms with Gasteiger partial charge in [-0.25, -0.2) is 4.57 Å². The zero-order valence-electron chi connectivity index (χ0n) is 16.6. The van der Waals surface area contributed by atoms with Crippen LogP contribution in [0.15, 0.2) is 85.1 Å². The molecule has 0 aliphatic rings. The maximum atomic E-state index is 3.65. The number of aryl methyl sites for hydroxylation is 2. The smallest absolute Gasteiger partial charge is 0.168 e. The average Bonchev–Trinajstić information content (AvgIpc) is 2.74. The second-order valence-electron chi connectivity index (χ2n) is 7.23. The molecular formula is C27H20NY-. The van der Waals surface area contributed by atoms with Crippen molar-refractivity contribution in [2.24, 2.45) is 7.05 Å². The van der Waals surface area contributed by atoms with Crippen molar-refractivity contribution in [3.05, 3.63) is 103 Å². The van der Waals surface area contributed by atoms with Crippen molar-refractivity contribution in [2.45, 2.75) is 6.92 Å². The fraction of sp³-hybridized carbons (Fsp3) is 0.0741. The number of pyridine rings is 1. The van der Waals surface area contributed by atoms with Crippen LogP contribution in [0.3, 0.4) is 0 Å². The molecule has 0 saturated carbocycles. The van der Waals surface area contributed by atoms with E-state index in [1.165, 1.54) is 33.0 Å². The molecule has 0 bridgehead atoms. The first-order chi connectivity index (χ1) is 13.7. The van der Waals surface area contributed by atoms with Crippen molar-refractivity contribution in [1.29, 1.82) is 0 Å². The van der Waals surface area contributed by atoms with E-state index in [9.17, 15) is 0 Å². The van der Waals surface area contributed by atoms with E-state index in [0.29, 0.717) is 0 Å². The van der Waals surface area contributed by atoms with Crippen molar-refractivity contribution in [3.8, 4) is 22.4 Å². The Hall–Kier alpha value is -2.35. The molecule has 5 aromatic rings. The minimum absolute atomic E-state index is 0. The second kappa shape index (κ2) is 8.18. The van der Waals surface area contributed by atoms with Gasteiger partial charge in [0.05, 0.1) is 0 Å². The first kappa shape index (κ1) is 19.9. The maximum Gasteiger partial charge on any atom is 0.168 e. The van der Waals surface area contributed by atoms with Crippen LogP contribution < -0.4 is 4.57 Å². The Bertz CT molecular complexity index is 1340. The molecule has 1 radical (unpaired) electrons. The first-order valence-corrected chi connectivity index (χ1v) is 9.53. The van der Waals surface area contributed by atoms with Gasteiger partial charge in [-0.15, -0.1) is 29.1 Å². The molecule has 29 heavy (non-hydrogen) atoms. The molecule has 1 nitrogen and oxygen atoms in total. The SMILES string of the molecule is Cc1cc[c-]c(-c2[c-]c3ccc4ccccc4c3cc2)c1-c1cccc[n+]1C.[Y]. The minimum atomic E-state index is 0. The Kier molecular flexibility index (Phi) is 5.63. The summed E-state index contributed by atoms with van der Waals surface area (Å²) in [6.45, 7) is 2.16. The molecule has 2 heteroatoms. The van der Waals surface area contributed by atoms with Gasteiger partial charge in [0, 0.05) is 38.8 Å².